The molecule has 8 aromatic rings. The third-order valence-electron chi connectivity index (χ3n) is 8.60. The fourth-order valence-electron chi connectivity index (χ4n) is 6.24. The lowest BCUT2D eigenvalue weighted by molar-refractivity contribution is 1.07. The third kappa shape index (κ3) is 5.51. The molecule has 0 radical (unpaired) electrons. The van der Waals surface area contributed by atoms with Crippen molar-refractivity contribution < 1.29 is 0 Å². The molecular formula is C44H28N4. The largest absolute Gasteiger partial charge is 0.208 e. The molecule has 4 nitrogen and oxygen atoms in total. The lowest BCUT2D eigenvalue weighted by atomic mass is 9.90. The van der Waals surface area contributed by atoms with Gasteiger partial charge in [-0.05, 0) is 62.9 Å². The molecule has 0 fully saturated rings. The van der Waals surface area contributed by atoms with E-state index in [9.17, 15) is 5.26 Å². The van der Waals surface area contributed by atoms with Crippen molar-refractivity contribution in [2.75, 3.05) is 0 Å². The maximum absolute atomic E-state index is 9.42. The highest BCUT2D eigenvalue weighted by Crippen LogP contribution is 2.40. The first-order chi connectivity index (χ1) is 23.7. The molecule has 1 heterocycles. The standard InChI is InChI=1S/C44H28N4/c45-29-30-21-23-35(24-22-30)42-46-43(36-27-25-33(26-28-36)38-18-9-16-31-13-7-8-17-37(31)38)48-44(47-42)40-20-10-19-39(32-11-3-1-4-12-32)41(40)34-14-5-2-6-15-34/h1-28H. The Morgan fingerprint density at radius 2 is 0.833 bits per heavy atom. The summed E-state index contributed by atoms with van der Waals surface area (Å²) in [5.41, 5.74) is 9.84. The minimum Gasteiger partial charge on any atom is -0.208 e. The van der Waals surface area contributed by atoms with Gasteiger partial charge in [0.15, 0.2) is 17.5 Å². The number of hydrogen-bond acceptors (Lipinski definition) is 4. The lowest BCUT2D eigenvalue weighted by Crippen LogP contribution is -2.02. The summed E-state index contributed by atoms with van der Waals surface area (Å²) in [6.45, 7) is 0. The summed E-state index contributed by atoms with van der Waals surface area (Å²) in [4.78, 5) is 15.2. The third-order valence-corrected chi connectivity index (χ3v) is 8.60. The van der Waals surface area contributed by atoms with E-state index >= 15 is 0 Å². The predicted molar refractivity (Wildman–Crippen MR) is 195 cm³/mol. The van der Waals surface area contributed by atoms with Crippen LogP contribution in [0.25, 0.3) is 78.3 Å². The van der Waals surface area contributed by atoms with E-state index in [1.807, 2.05) is 24.3 Å². The number of nitriles is 1. The topological polar surface area (TPSA) is 62.5 Å². The van der Waals surface area contributed by atoms with E-state index in [4.69, 9.17) is 15.0 Å². The quantitative estimate of drug-likeness (QED) is 0.187. The van der Waals surface area contributed by atoms with Crippen molar-refractivity contribution in [2.24, 2.45) is 0 Å². The molecule has 0 saturated carbocycles. The van der Waals surface area contributed by atoms with Crippen LogP contribution in [0.5, 0.6) is 0 Å². The van der Waals surface area contributed by atoms with Crippen molar-refractivity contribution in [3.05, 3.63) is 175 Å². The molecule has 8 rings (SSSR count). The first-order valence-corrected chi connectivity index (χ1v) is 15.8. The first-order valence-electron chi connectivity index (χ1n) is 15.8. The normalized spacial score (nSPS) is 10.9. The van der Waals surface area contributed by atoms with Gasteiger partial charge < -0.3 is 0 Å². The Morgan fingerprint density at radius 1 is 0.354 bits per heavy atom. The van der Waals surface area contributed by atoms with Gasteiger partial charge in [-0.3, -0.25) is 0 Å². The van der Waals surface area contributed by atoms with Gasteiger partial charge in [0.1, 0.15) is 0 Å². The zero-order valence-electron chi connectivity index (χ0n) is 26.0. The van der Waals surface area contributed by atoms with Crippen LogP contribution in [0.3, 0.4) is 0 Å². The fourth-order valence-corrected chi connectivity index (χ4v) is 6.24. The van der Waals surface area contributed by atoms with Crippen LogP contribution in [0.15, 0.2) is 170 Å². The van der Waals surface area contributed by atoms with Gasteiger partial charge in [0.2, 0.25) is 0 Å². The van der Waals surface area contributed by atoms with E-state index in [0.717, 1.165) is 44.5 Å². The second-order valence-electron chi connectivity index (χ2n) is 11.6. The van der Waals surface area contributed by atoms with Gasteiger partial charge in [0.25, 0.3) is 0 Å². The van der Waals surface area contributed by atoms with E-state index in [1.165, 1.54) is 16.3 Å². The highest BCUT2D eigenvalue weighted by molar-refractivity contribution is 5.97. The highest BCUT2D eigenvalue weighted by Gasteiger charge is 2.19. The fraction of sp³-hybridized carbons (Fsp3) is 0. The Bertz CT molecular complexity index is 2420. The molecule has 0 aliphatic rings. The van der Waals surface area contributed by atoms with Crippen LogP contribution in [-0.4, -0.2) is 15.0 Å². The molecule has 0 bridgehead atoms. The average Bonchev–Trinajstić information content (AvgIpc) is 3.18. The Balaban J connectivity index is 1.31. The molecule has 0 amide bonds. The minimum absolute atomic E-state index is 0.543. The molecule has 0 saturated heterocycles. The maximum Gasteiger partial charge on any atom is 0.164 e. The molecule has 0 aliphatic heterocycles. The number of benzene rings is 7. The summed E-state index contributed by atoms with van der Waals surface area (Å²) in [7, 11) is 0. The summed E-state index contributed by atoms with van der Waals surface area (Å²) in [6.07, 6.45) is 0. The number of aromatic nitrogens is 3. The highest BCUT2D eigenvalue weighted by atomic mass is 15.0. The predicted octanol–water partition coefficient (Wildman–Crippen LogP) is 10.9. The van der Waals surface area contributed by atoms with E-state index in [2.05, 4.69) is 140 Å². The molecular weight excluding hydrogens is 585 g/mol. The maximum atomic E-state index is 9.42. The zero-order chi connectivity index (χ0) is 32.3. The van der Waals surface area contributed by atoms with Crippen LogP contribution in [0.2, 0.25) is 0 Å². The number of nitrogens with zero attached hydrogens (tertiary/aromatic N) is 4. The van der Waals surface area contributed by atoms with Gasteiger partial charge in [-0.25, -0.2) is 15.0 Å². The second-order valence-corrected chi connectivity index (χ2v) is 11.6. The SMILES string of the molecule is N#Cc1ccc(-c2nc(-c3ccc(-c4cccc5ccccc45)cc3)nc(-c3cccc(-c4ccccc4)c3-c3ccccc3)n2)cc1. The molecule has 0 aliphatic carbocycles. The van der Waals surface area contributed by atoms with E-state index in [1.54, 1.807) is 12.1 Å². The van der Waals surface area contributed by atoms with Crippen LogP contribution in [0.1, 0.15) is 5.56 Å². The summed E-state index contributed by atoms with van der Waals surface area (Å²) in [6, 6.07) is 59.9. The van der Waals surface area contributed by atoms with Crippen molar-refractivity contribution in [1.29, 1.82) is 5.26 Å². The van der Waals surface area contributed by atoms with Gasteiger partial charge in [-0.1, -0.05) is 146 Å². The van der Waals surface area contributed by atoms with Gasteiger partial charge in [0, 0.05) is 22.3 Å². The van der Waals surface area contributed by atoms with Gasteiger partial charge in [-0.2, -0.15) is 5.26 Å². The van der Waals surface area contributed by atoms with Gasteiger partial charge in [0.05, 0.1) is 11.6 Å². The Morgan fingerprint density at radius 3 is 1.52 bits per heavy atom. The lowest BCUT2D eigenvalue weighted by Gasteiger charge is -2.16. The Hall–Kier alpha value is -6.70. The van der Waals surface area contributed by atoms with Gasteiger partial charge >= 0.3 is 0 Å². The zero-order valence-corrected chi connectivity index (χ0v) is 26.0. The molecule has 4 heteroatoms. The molecule has 0 atom stereocenters. The molecule has 48 heavy (non-hydrogen) atoms. The van der Waals surface area contributed by atoms with Crippen molar-refractivity contribution in [3.8, 4) is 73.6 Å². The minimum atomic E-state index is 0.543. The van der Waals surface area contributed by atoms with Crippen LogP contribution in [0, 0.1) is 11.3 Å². The molecule has 224 valence electrons. The number of fused-ring (bicyclic) bond motifs is 1. The molecule has 0 N–H and O–H groups in total. The second kappa shape index (κ2) is 12.6. The van der Waals surface area contributed by atoms with Crippen molar-refractivity contribution in [1.82, 2.24) is 15.0 Å². The molecule has 7 aromatic carbocycles. The first kappa shape index (κ1) is 28.8. The number of hydrogen-bond donors (Lipinski definition) is 0. The van der Waals surface area contributed by atoms with Crippen LogP contribution in [-0.2, 0) is 0 Å². The van der Waals surface area contributed by atoms with Gasteiger partial charge in [-0.15, -0.1) is 0 Å². The monoisotopic (exact) mass is 612 g/mol. The van der Waals surface area contributed by atoms with Crippen LogP contribution >= 0.6 is 0 Å². The summed E-state index contributed by atoms with van der Waals surface area (Å²) < 4.78 is 0. The van der Waals surface area contributed by atoms with E-state index in [-0.39, 0.29) is 0 Å². The molecule has 0 unspecified atom stereocenters. The van der Waals surface area contributed by atoms with E-state index < -0.39 is 0 Å². The Labute approximate surface area is 279 Å². The average molecular weight is 613 g/mol. The van der Waals surface area contributed by atoms with Crippen LogP contribution < -0.4 is 0 Å². The van der Waals surface area contributed by atoms with Crippen molar-refractivity contribution in [2.45, 2.75) is 0 Å². The Kier molecular flexibility index (Phi) is 7.54. The van der Waals surface area contributed by atoms with Crippen molar-refractivity contribution >= 4 is 10.8 Å². The summed E-state index contributed by atoms with van der Waals surface area (Å²) >= 11 is 0. The van der Waals surface area contributed by atoms with Crippen molar-refractivity contribution in [3.63, 3.8) is 0 Å². The smallest absolute Gasteiger partial charge is 0.164 e. The van der Waals surface area contributed by atoms with E-state index in [0.29, 0.717) is 23.0 Å². The summed E-state index contributed by atoms with van der Waals surface area (Å²) in [5.74, 6) is 1.70. The number of rotatable bonds is 6. The van der Waals surface area contributed by atoms with Crippen LogP contribution in [0.4, 0.5) is 0 Å². The molecule has 1 aromatic heterocycles. The summed E-state index contributed by atoms with van der Waals surface area (Å²) in [5, 5.41) is 11.8. The molecule has 0 spiro atoms.